The average Bonchev–Trinajstić information content (AvgIpc) is 1.41. The van der Waals surface area contributed by atoms with Crippen molar-refractivity contribution in [3.63, 3.8) is 0 Å². The maximum absolute atomic E-state index is 7.94. The van der Waals surface area contributed by atoms with E-state index >= 15 is 0 Å². The Kier molecular flexibility index (Phi) is 15.3. The van der Waals surface area contributed by atoms with Gasteiger partial charge in [-0.1, -0.05) is 0 Å². The van der Waals surface area contributed by atoms with Crippen molar-refractivity contribution < 1.29 is 36.0 Å². The molecule has 2 nitrogen and oxygen atoms in total. The SMILES string of the molecule is COCCO.[Zr]. The van der Waals surface area contributed by atoms with Crippen LogP contribution in [0.25, 0.3) is 0 Å². The largest absolute Gasteiger partial charge is 0.394 e. The van der Waals surface area contributed by atoms with Crippen LogP contribution in [-0.2, 0) is 30.9 Å². The van der Waals surface area contributed by atoms with Crippen molar-refractivity contribution in [2.45, 2.75) is 0 Å². The Morgan fingerprint density at radius 2 is 2.17 bits per heavy atom. The predicted octanol–water partition coefficient (Wildman–Crippen LogP) is -0.377. The monoisotopic (exact) mass is 166 g/mol. The van der Waals surface area contributed by atoms with Crippen LogP contribution >= 0.6 is 0 Å². The summed E-state index contributed by atoms with van der Waals surface area (Å²) in [6.45, 7) is 0.566. The predicted molar refractivity (Wildman–Crippen MR) is 19.0 cm³/mol. The number of rotatable bonds is 2. The van der Waals surface area contributed by atoms with Gasteiger partial charge in [0, 0.05) is 33.3 Å². The molecule has 6 heavy (non-hydrogen) atoms. The molecular formula is C3H8O2Zr. The molecule has 0 saturated carbocycles. The van der Waals surface area contributed by atoms with Crippen molar-refractivity contribution in [1.29, 1.82) is 0 Å². The first-order valence-corrected chi connectivity index (χ1v) is 1.51. The van der Waals surface area contributed by atoms with Crippen molar-refractivity contribution >= 4 is 0 Å². The summed E-state index contributed by atoms with van der Waals surface area (Å²) in [7, 11) is 1.55. The first-order chi connectivity index (χ1) is 2.41. The second-order valence-corrected chi connectivity index (χ2v) is 0.716. The van der Waals surface area contributed by atoms with E-state index in [0.717, 1.165) is 0 Å². The molecule has 0 aromatic heterocycles. The van der Waals surface area contributed by atoms with Gasteiger partial charge in [0.15, 0.2) is 0 Å². The van der Waals surface area contributed by atoms with Gasteiger partial charge in [-0.2, -0.15) is 0 Å². The molecule has 36 valence electrons. The van der Waals surface area contributed by atoms with Crippen LogP contribution in [0.5, 0.6) is 0 Å². The van der Waals surface area contributed by atoms with Crippen LogP contribution in [0.3, 0.4) is 0 Å². The van der Waals surface area contributed by atoms with E-state index < -0.39 is 0 Å². The molecule has 0 aliphatic heterocycles. The van der Waals surface area contributed by atoms with Crippen molar-refractivity contribution in [2.75, 3.05) is 20.3 Å². The molecule has 0 aliphatic rings. The number of aliphatic hydroxyl groups excluding tert-OH is 1. The van der Waals surface area contributed by atoms with Gasteiger partial charge in [-0.3, -0.25) is 0 Å². The van der Waals surface area contributed by atoms with Crippen molar-refractivity contribution in [3.05, 3.63) is 0 Å². The molecule has 1 N–H and O–H groups in total. The maximum Gasteiger partial charge on any atom is 0.0693 e. The first kappa shape index (κ1) is 9.93. The van der Waals surface area contributed by atoms with Gasteiger partial charge in [0.05, 0.1) is 13.2 Å². The topological polar surface area (TPSA) is 29.5 Å². The van der Waals surface area contributed by atoms with Crippen LogP contribution in [-0.4, -0.2) is 25.4 Å². The van der Waals surface area contributed by atoms with E-state index in [1.807, 2.05) is 0 Å². The van der Waals surface area contributed by atoms with Gasteiger partial charge in [-0.15, -0.1) is 0 Å². The fourth-order valence-corrected chi connectivity index (χ4v) is 0.0913. The molecule has 0 radical (unpaired) electrons. The third-order valence-corrected chi connectivity index (χ3v) is 0.295. The normalized spacial score (nSPS) is 7.00. The molecule has 0 amide bonds. The van der Waals surface area contributed by atoms with E-state index in [-0.39, 0.29) is 32.8 Å². The van der Waals surface area contributed by atoms with Crippen molar-refractivity contribution in [1.82, 2.24) is 0 Å². The van der Waals surface area contributed by atoms with Crippen LogP contribution in [0.4, 0.5) is 0 Å². The van der Waals surface area contributed by atoms with E-state index in [4.69, 9.17) is 5.11 Å². The Labute approximate surface area is 56.6 Å². The summed E-state index contributed by atoms with van der Waals surface area (Å²) in [6, 6.07) is 0. The molecule has 0 aromatic rings. The summed E-state index contributed by atoms with van der Waals surface area (Å²) in [5.41, 5.74) is 0. The van der Waals surface area contributed by atoms with Gasteiger partial charge in [0.25, 0.3) is 0 Å². The Hall–Kier alpha value is 0.803. The van der Waals surface area contributed by atoms with Gasteiger partial charge in [0.2, 0.25) is 0 Å². The summed E-state index contributed by atoms with van der Waals surface area (Å²) in [5, 5.41) is 7.94. The summed E-state index contributed by atoms with van der Waals surface area (Å²) < 4.78 is 4.44. The molecule has 0 rings (SSSR count). The molecule has 0 atom stereocenters. The summed E-state index contributed by atoms with van der Waals surface area (Å²) >= 11 is 0. The number of hydrogen-bond acceptors (Lipinski definition) is 2. The van der Waals surface area contributed by atoms with E-state index in [2.05, 4.69) is 4.74 Å². The third-order valence-electron chi connectivity index (χ3n) is 0.295. The van der Waals surface area contributed by atoms with Crippen LogP contribution in [0.15, 0.2) is 0 Å². The minimum atomic E-state index is 0. The number of ether oxygens (including phenoxy) is 1. The summed E-state index contributed by atoms with van der Waals surface area (Å²) in [5.74, 6) is 0. The summed E-state index contributed by atoms with van der Waals surface area (Å²) in [6.07, 6.45) is 0. The Bertz CT molecular complexity index is 16.3. The standard InChI is InChI=1S/C3H8O2.Zr/c1-5-3-2-4;/h4H,2-3H2,1H3;. The molecule has 0 heterocycles. The molecule has 0 saturated heterocycles. The second-order valence-electron chi connectivity index (χ2n) is 0.716. The third kappa shape index (κ3) is 8.84. The summed E-state index contributed by atoms with van der Waals surface area (Å²) in [4.78, 5) is 0. The van der Waals surface area contributed by atoms with Crippen LogP contribution < -0.4 is 0 Å². The van der Waals surface area contributed by atoms with E-state index in [1.54, 1.807) is 7.11 Å². The zero-order chi connectivity index (χ0) is 4.12. The molecule has 0 aromatic carbocycles. The van der Waals surface area contributed by atoms with E-state index in [0.29, 0.717) is 6.61 Å². The Morgan fingerprint density at radius 1 is 1.67 bits per heavy atom. The number of aliphatic hydroxyl groups is 1. The van der Waals surface area contributed by atoms with Gasteiger partial charge in [-0.25, -0.2) is 0 Å². The van der Waals surface area contributed by atoms with Crippen molar-refractivity contribution in [2.24, 2.45) is 0 Å². The van der Waals surface area contributed by atoms with Gasteiger partial charge in [0.1, 0.15) is 0 Å². The minimum Gasteiger partial charge on any atom is -0.394 e. The van der Waals surface area contributed by atoms with Crippen molar-refractivity contribution in [3.8, 4) is 0 Å². The van der Waals surface area contributed by atoms with Gasteiger partial charge < -0.3 is 9.84 Å². The van der Waals surface area contributed by atoms with Gasteiger partial charge in [-0.05, 0) is 0 Å². The molecule has 0 spiro atoms. The molecular weight excluding hydrogens is 159 g/mol. The zero-order valence-corrected chi connectivity index (χ0v) is 6.23. The van der Waals surface area contributed by atoms with E-state index in [9.17, 15) is 0 Å². The Balaban J connectivity index is 0. The fraction of sp³-hybridized carbons (Fsp3) is 1.00. The molecule has 3 heteroatoms. The number of methoxy groups -OCH3 is 1. The van der Waals surface area contributed by atoms with Crippen LogP contribution in [0, 0.1) is 0 Å². The fourth-order valence-electron chi connectivity index (χ4n) is 0.0913. The smallest absolute Gasteiger partial charge is 0.0693 e. The molecule has 0 bridgehead atoms. The zero-order valence-electron chi connectivity index (χ0n) is 3.77. The van der Waals surface area contributed by atoms with Crippen LogP contribution in [0.2, 0.25) is 0 Å². The molecule has 0 unspecified atom stereocenters. The average molecular weight is 167 g/mol. The van der Waals surface area contributed by atoms with E-state index in [1.165, 1.54) is 0 Å². The quantitative estimate of drug-likeness (QED) is 0.608. The maximum atomic E-state index is 7.94. The van der Waals surface area contributed by atoms with Crippen LogP contribution in [0.1, 0.15) is 0 Å². The van der Waals surface area contributed by atoms with Gasteiger partial charge >= 0.3 is 0 Å². The number of hydrogen-bond donors (Lipinski definition) is 1. The minimum absolute atomic E-state index is 0. The first-order valence-electron chi connectivity index (χ1n) is 1.51. The second kappa shape index (κ2) is 9.26. The Morgan fingerprint density at radius 3 is 2.17 bits per heavy atom. The molecule has 0 aliphatic carbocycles. The molecule has 0 fully saturated rings.